The third kappa shape index (κ3) is 3.44. The molecule has 1 heterocycles. The van der Waals surface area contributed by atoms with Crippen molar-refractivity contribution in [1.82, 2.24) is 10.2 Å². The maximum absolute atomic E-state index is 5.11. The number of nitrogens with zero attached hydrogens (tertiary/aromatic N) is 1. The molecule has 1 unspecified atom stereocenters. The molecule has 1 saturated carbocycles. The summed E-state index contributed by atoms with van der Waals surface area (Å²) in [6, 6.07) is 0.845. The minimum absolute atomic E-state index is 0.845. The van der Waals surface area contributed by atoms with Gasteiger partial charge in [0.15, 0.2) is 0 Å². The molecule has 0 aromatic heterocycles. The summed E-state index contributed by atoms with van der Waals surface area (Å²) in [7, 11) is 1.78. The van der Waals surface area contributed by atoms with Gasteiger partial charge in [-0.25, -0.2) is 0 Å². The molecule has 15 heavy (non-hydrogen) atoms. The Labute approximate surface area is 93.2 Å². The summed E-state index contributed by atoms with van der Waals surface area (Å²) < 4.78 is 5.11. The van der Waals surface area contributed by atoms with Gasteiger partial charge in [-0.1, -0.05) is 6.42 Å². The summed E-state index contributed by atoms with van der Waals surface area (Å²) >= 11 is 0. The van der Waals surface area contributed by atoms with Crippen LogP contribution in [0.15, 0.2) is 0 Å². The largest absolute Gasteiger partial charge is 0.383 e. The highest BCUT2D eigenvalue weighted by Gasteiger charge is 2.24. The van der Waals surface area contributed by atoms with Crippen LogP contribution in [0, 0.1) is 5.92 Å². The Morgan fingerprint density at radius 1 is 1.33 bits per heavy atom. The number of nitrogens with one attached hydrogen (secondary N) is 1. The molecule has 1 atom stereocenters. The first-order valence-electron chi connectivity index (χ1n) is 6.33. The zero-order valence-electron chi connectivity index (χ0n) is 9.87. The molecule has 1 saturated heterocycles. The molecule has 1 aliphatic carbocycles. The van der Waals surface area contributed by atoms with E-state index in [0.29, 0.717) is 0 Å². The van der Waals surface area contributed by atoms with Gasteiger partial charge in [0.25, 0.3) is 0 Å². The van der Waals surface area contributed by atoms with Crippen molar-refractivity contribution in [2.45, 2.75) is 31.7 Å². The maximum Gasteiger partial charge on any atom is 0.0589 e. The van der Waals surface area contributed by atoms with Crippen LogP contribution in [0.2, 0.25) is 0 Å². The third-order valence-electron chi connectivity index (χ3n) is 3.78. The summed E-state index contributed by atoms with van der Waals surface area (Å²) in [5, 5.41) is 3.68. The Morgan fingerprint density at radius 3 is 2.87 bits per heavy atom. The molecule has 1 N–H and O–H groups in total. The molecule has 88 valence electrons. The van der Waals surface area contributed by atoms with E-state index in [4.69, 9.17) is 4.74 Å². The fourth-order valence-electron chi connectivity index (χ4n) is 2.45. The van der Waals surface area contributed by atoms with E-state index in [1.165, 1.54) is 45.3 Å². The van der Waals surface area contributed by atoms with Crippen LogP contribution in [0.3, 0.4) is 0 Å². The van der Waals surface area contributed by atoms with Crippen molar-refractivity contribution in [1.29, 1.82) is 0 Å². The van der Waals surface area contributed by atoms with Crippen molar-refractivity contribution in [3.8, 4) is 0 Å². The lowest BCUT2D eigenvalue weighted by molar-refractivity contribution is 0.158. The smallest absolute Gasteiger partial charge is 0.0589 e. The molecule has 0 aromatic carbocycles. The molecule has 0 radical (unpaired) electrons. The standard InChI is InChI=1S/C12H24N2O/c1-15-8-7-14-6-5-11(10-14)9-13-12-3-2-4-12/h11-13H,2-10H2,1H3. The second-order valence-corrected chi connectivity index (χ2v) is 4.98. The van der Waals surface area contributed by atoms with Crippen LogP contribution >= 0.6 is 0 Å². The number of rotatable bonds is 6. The molecule has 0 amide bonds. The molecule has 0 bridgehead atoms. The minimum Gasteiger partial charge on any atom is -0.383 e. The monoisotopic (exact) mass is 212 g/mol. The van der Waals surface area contributed by atoms with Crippen LogP contribution in [0.25, 0.3) is 0 Å². The molecule has 2 fully saturated rings. The Balaban J connectivity index is 1.55. The Kier molecular flexibility index (Phi) is 4.42. The van der Waals surface area contributed by atoms with Crippen molar-refractivity contribution >= 4 is 0 Å². The summed E-state index contributed by atoms with van der Waals surface area (Å²) in [5.74, 6) is 0.877. The number of hydrogen-bond acceptors (Lipinski definition) is 3. The van der Waals surface area contributed by atoms with E-state index in [0.717, 1.165) is 25.1 Å². The van der Waals surface area contributed by atoms with Crippen LogP contribution in [0.1, 0.15) is 25.7 Å². The average molecular weight is 212 g/mol. The quantitative estimate of drug-likeness (QED) is 0.713. The molecular formula is C12H24N2O. The van der Waals surface area contributed by atoms with Gasteiger partial charge in [-0.2, -0.15) is 0 Å². The Morgan fingerprint density at radius 2 is 2.20 bits per heavy atom. The van der Waals surface area contributed by atoms with Crippen molar-refractivity contribution in [3.63, 3.8) is 0 Å². The predicted molar refractivity (Wildman–Crippen MR) is 62.1 cm³/mol. The molecule has 2 rings (SSSR count). The highest BCUT2D eigenvalue weighted by atomic mass is 16.5. The number of likely N-dealkylation sites (tertiary alicyclic amines) is 1. The van der Waals surface area contributed by atoms with Gasteiger partial charge in [0, 0.05) is 26.2 Å². The highest BCUT2D eigenvalue weighted by molar-refractivity contribution is 4.81. The van der Waals surface area contributed by atoms with Crippen molar-refractivity contribution < 1.29 is 4.74 Å². The predicted octanol–water partition coefficient (Wildman–Crippen LogP) is 1.10. The molecule has 0 spiro atoms. The number of methoxy groups -OCH3 is 1. The fourth-order valence-corrected chi connectivity index (χ4v) is 2.45. The minimum atomic E-state index is 0.845. The van der Waals surface area contributed by atoms with Crippen molar-refractivity contribution in [3.05, 3.63) is 0 Å². The SMILES string of the molecule is COCCN1CCC(CNC2CCC2)C1. The van der Waals surface area contributed by atoms with E-state index in [1.807, 2.05) is 0 Å². The van der Waals surface area contributed by atoms with Crippen LogP contribution in [-0.2, 0) is 4.74 Å². The van der Waals surface area contributed by atoms with Crippen molar-refractivity contribution in [2.24, 2.45) is 5.92 Å². The van der Waals surface area contributed by atoms with E-state index < -0.39 is 0 Å². The van der Waals surface area contributed by atoms with Gasteiger partial charge < -0.3 is 15.0 Å². The van der Waals surface area contributed by atoms with Gasteiger partial charge in [-0.15, -0.1) is 0 Å². The van der Waals surface area contributed by atoms with Crippen LogP contribution in [0.4, 0.5) is 0 Å². The van der Waals surface area contributed by atoms with Gasteiger partial charge in [-0.05, 0) is 38.3 Å². The summed E-state index contributed by atoms with van der Waals surface area (Å²) in [4.78, 5) is 2.52. The first-order valence-corrected chi connectivity index (χ1v) is 6.33. The summed E-state index contributed by atoms with van der Waals surface area (Å²) in [5.41, 5.74) is 0. The van der Waals surface area contributed by atoms with Crippen LogP contribution < -0.4 is 5.32 Å². The van der Waals surface area contributed by atoms with E-state index in [9.17, 15) is 0 Å². The second-order valence-electron chi connectivity index (χ2n) is 4.98. The van der Waals surface area contributed by atoms with Gasteiger partial charge in [0.1, 0.15) is 0 Å². The first kappa shape index (κ1) is 11.4. The van der Waals surface area contributed by atoms with Gasteiger partial charge >= 0.3 is 0 Å². The lowest BCUT2D eigenvalue weighted by Crippen LogP contribution is -2.38. The Bertz CT molecular complexity index is 182. The highest BCUT2D eigenvalue weighted by Crippen LogP contribution is 2.20. The molecule has 3 nitrogen and oxygen atoms in total. The topological polar surface area (TPSA) is 24.5 Å². The summed E-state index contributed by atoms with van der Waals surface area (Å²) in [6.45, 7) is 5.75. The maximum atomic E-state index is 5.11. The number of ether oxygens (including phenoxy) is 1. The van der Waals surface area contributed by atoms with E-state index in [2.05, 4.69) is 10.2 Å². The molecule has 2 aliphatic rings. The second kappa shape index (κ2) is 5.83. The zero-order valence-corrected chi connectivity index (χ0v) is 9.87. The van der Waals surface area contributed by atoms with Gasteiger partial charge in [-0.3, -0.25) is 0 Å². The zero-order chi connectivity index (χ0) is 10.5. The first-order chi connectivity index (χ1) is 7.38. The molecule has 0 aromatic rings. The van der Waals surface area contributed by atoms with E-state index in [-0.39, 0.29) is 0 Å². The lowest BCUT2D eigenvalue weighted by atomic mass is 9.92. The fraction of sp³-hybridized carbons (Fsp3) is 1.00. The molecule has 3 heteroatoms. The third-order valence-corrected chi connectivity index (χ3v) is 3.78. The van der Waals surface area contributed by atoms with Gasteiger partial charge in [0.2, 0.25) is 0 Å². The van der Waals surface area contributed by atoms with E-state index >= 15 is 0 Å². The van der Waals surface area contributed by atoms with Crippen molar-refractivity contribution in [2.75, 3.05) is 39.9 Å². The Hall–Kier alpha value is -0.120. The lowest BCUT2D eigenvalue weighted by Gasteiger charge is -2.28. The van der Waals surface area contributed by atoms with Gasteiger partial charge in [0.05, 0.1) is 6.61 Å². The van der Waals surface area contributed by atoms with E-state index in [1.54, 1.807) is 7.11 Å². The average Bonchev–Trinajstić information content (AvgIpc) is 2.60. The normalized spacial score (nSPS) is 28.2. The molecule has 1 aliphatic heterocycles. The van der Waals surface area contributed by atoms with Crippen LogP contribution in [0.5, 0.6) is 0 Å². The number of hydrogen-bond donors (Lipinski definition) is 1. The summed E-state index contributed by atoms with van der Waals surface area (Å²) in [6.07, 6.45) is 5.60. The van der Waals surface area contributed by atoms with Crippen LogP contribution in [-0.4, -0.2) is 50.8 Å². The molecular weight excluding hydrogens is 188 g/mol.